The van der Waals surface area contributed by atoms with Gasteiger partial charge in [-0.25, -0.2) is 0 Å². The third kappa shape index (κ3) is 9.87. The van der Waals surface area contributed by atoms with E-state index in [-0.39, 0.29) is 30.7 Å². The van der Waals surface area contributed by atoms with Crippen LogP contribution in [0.1, 0.15) is 47.5 Å². The first-order chi connectivity index (χ1) is 9.52. The first-order valence-corrected chi connectivity index (χ1v) is 7.29. The van der Waals surface area contributed by atoms with Gasteiger partial charge in [-0.15, -0.1) is 0 Å². The summed E-state index contributed by atoms with van der Waals surface area (Å²) in [4.78, 5) is 34.1. The fourth-order valence-corrected chi connectivity index (χ4v) is 1.90. The van der Waals surface area contributed by atoms with Crippen LogP contribution in [0.3, 0.4) is 0 Å². The molecule has 0 aliphatic heterocycles. The molecule has 1 atom stereocenters. The Morgan fingerprint density at radius 1 is 1.10 bits per heavy atom. The van der Waals surface area contributed by atoms with Crippen molar-refractivity contribution in [2.45, 2.75) is 47.5 Å². The summed E-state index contributed by atoms with van der Waals surface area (Å²) in [5.41, 5.74) is -0.538. The normalized spacial score (nSPS) is 12.9. The van der Waals surface area contributed by atoms with Gasteiger partial charge < -0.3 is 15.7 Å². The molecule has 0 radical (unpaired) electrons. The minimum Gasteiger partial charge on any atom is -0.481 e. The molecule has 0 aromatic heterocycles. The highest BCUT2D eigenvalue weighted by atomic mass is 16.4. The summed E-state index contributed by atoms with van der Waals surface area (Å²) < 4.78 is 0. The van der Waals surface area contributed by atoms with Crippen molar-refractivity contribution >= 4 is 17.8 Å². The zero-order valence-electron chi connectivity index (χ0n) is 13.7. The van der Waals surface area contributed by atoms with Crippen LogP contribution in [-0.4, -0.2) is 36.0 Å². The van der Waals surface area contributed by atoms with E-state index >= 15 is 0 Å². The number of hydrogen-bond donors (Lipinski definition) is 3. The molecule has 6 heteroatoms. The molecule has 0 bridgehead atoms. The van der Waals surface area contributed by atoms with Gasteiger partial charge in [0, 0.05) is 18.4 Å². The van der Waals surface area contributed by atoms with E-state index in [9.17, 15) is 14.4 Å². The van der Waals surface area contributed by atoms with Gasteiger partial charge in [-0.3, -0.25) is 14.4 Å². The number of amides is 2. The van der Waals surface area contributed by atoms with Crippen LogP contribution in [0.5, 0.6) is 0 Å². The molecule has 0 aromatic rings. The fraction of sp³-hybridized carbons (Fsp3) is 0.800. The van der Waals surface area contributed by atoms with E-state index in [0.29, 0.717) is 12.5 Å². The van der Waals surface area contributed by atoms with Crippen molar-refractivity contribution in [1.29, 1.82) is 0 Å². The highest BCUT2D eigenvalue weighted by Crippen LogP contribution is 2.14. The molecule has 0 fully saturated rings. The Labute approximate surface area is 126 Å². The summed E-state index contributed by atoms with van der Waals surface area (Å²) in [5, 5.41) is 14.1. The number of hydrogen-bond acceptors (Lipinski definition) is 3. The van der Waals surface area contributed by atoms with Crippen LogP contribution in [0.4, 0.5) is 0 Å². The summed E-state index contributed by atoms with van der Waals surface area (Å²) in [7, 11) is 0. The summed E-state index contributed by atoms with van der Waals surface area (Å²) in [6, 6.07) is 0. The third-order valence-corrected chi connectivity index (χ3v) is 2.95. The second kappa shape index (κ2) is 8.64. The summed E-state index contributed by atoms with van der Waals surface area (Å²) in [6.45, 7) is 9.57. The van der Waals surface area contributed by atoms with Crippen LogP contribution >= 0.6 is 0 Å². The summed E-state index contributed by atoms with van der Waals surface area (Å²) in [5.74, 6) is -1.08. The van der Waals surface area contributed by atoms with Gasteiger partial charge in [-0.2, -0.15) is 0 Å². The molecule has 6 nitrogen and oxygen atoms in total. The topological polar surface area (TPSA) is 95.5 Å². The molecule has 0 aromatic carbocycles. The second-order valence-corrected chi connectivity index (χ2v) is 6.83. The van der Waals surface area contributed by atoms with Crippen LogP contribution < -0.4 is 10.6 Å². The minimum atomic E-state index is -0.865. The zero-order valence-corrected chi connectivity index (χ0v) is 13.7. The van der Waals surface area contributed by atoms with Gasteiger partial charge >= 0.3 is 5.97 Å². The molecular formula is C15H28N2O4. The fourth-order valence-electron chi connectivity index (χ4n) is 1.90. The van der Waals surface area contributed by atoms with Gasteiger partial charge in [0.05, 0.1) is 6.54 Å². The highest BCUT2D eigenvalue weighted by molar-refractivity contribution is 5.87. The van der Waals surface area contributed by atoms with E-state index in [0.717, 1.165) is 6.42 Å². The Balaban J connectivity index is 4.18. The first kappa shape index (κ1) is 19.4. The molecule has 0 rings (SSSR count). The van der Waals surface area contributed by atoms with E-state index in [1.807, 2.05) is 13.8 Å². The predicted octanol–water partition coefficient (Wildman–Crippen LogP) is 1.40. The first-order valence-electron chi connectivity index (χ1n) is 7.29. The van der Waals surface area contributed by atoms with Crippen molar-refractivity contribution in [3.63, 3.8) is 0 Å². The van der Waals surface area contributed by atoms with Crippen LogP contribution in [0.15, 0.2) is 0 Å². The third-order valence-electron chi connectivity index (χ3n) is 2.95. The average molecular weight is 300 g/mol. The molecule has 3 N–H and O–H groups in total. The van der Waals surface area contributed by atoms with Crippen LogP contribution in [0.25, 0.3) is 0 Å². The standard InChI is InChI=1S/C15H28N2O4/c1-10(2)6-11(7-13(19)20)8-16-12(18)9-17-14(21)15(3,4)5/h10-11H,6-9H2,1-5H3,(H,16,18)(H,17,21)(H,19,20)/t11-/m0/s1. The van der Waals surface area contributed by atoms with Crippen molar-refractivity contribution in [1.82, 2.24) is 10.6 Å². The number of carbonyl (C=O) groups excluding carboxylic acids is 2. The summed E-state index contributed by atoms with van der Waals surface area (Å²) >= 11 is 0. The van der Waals surface area contributed by atoms with Crippen molar-refractivity contribution < 1.29 is 19.5 Å². The lowest BCUT2D eigenvalue weighted by atomic mass is 9.94. The molecule has 0 saturated carbocycles. The van der Waals surface area contributed by atoms with Crippen LogP contribution in [-0.2, 0) is 14.4 Å². The SMILES string of the molecule is CC(C)C[C@H](CNC(=O)CNC(=O)C(C)(C)C)CC(=O)O. The highest BCUT2D eigenvalue weighted by Gasteiger charge is 2.21. The van der Waals surface area contributed by atoms with E-state index in [1.54, 1.807) is 20.8 Å². The lowest BCUT2D eigenvalue weighted by molar-refractivity contribution is -0.138. The molecule has 0 heterocycles. The molecule has 0 aliphatic rings. The average Bonchev–Trinajstić information content (AvgIpc) is 2.30. The molecule has 0 saturated heterocycles. The number of rotatable bonds is 8. The van der Waals surface area contributed by atoms with E-state index in [4.69, 9.17) is 5.11 Å². The second-order valence-electron chi connectivity index (χ2n) is 6.83. The Morgan fingerprint density at radius 2 is 1.67 bits per heavy atom. The molecule has 0 spiro atoms. The van der Waals surface area contributed by atoms with E-state index in [2.05, 4.69) is 10.6 Å². The lowest BCUT2D eigenvalue weighted by Crippen LogP contribution is -2.43. The zero-order chi connectivity index (χ0) is 16.6. The van der Waals surface area contributed by atoms with Crippen LogP contribution in [0, 0.1) is 17.3 Å². The van der Waals surface area contributed by atoms with Gasteiger partial charge in [-0.1, -0.05) is 34.6 Å². The Hall–Kier alpha value is -1.59. The smallest absolute Gasteiger partial charge is 0.303 e. The minimum absolute atomic E-state index is 0.0345. The number of carbonyl (C=O) groups is 3. The lowest BCUT2D eigenvalue weighted by Gasteiger charge is -2.19. The number of aliphatic carboxylic acids is 1. The Morgan fingerprint density at radius 3 is 2.10 bits per heavy atom. The molecule has 2 amide bonds. The maximum atomic E-state index is 11.7. The summed E-state index contributed by atoms with van der Waals surface area (Å²) in [6.07, 6.45) is 0.772. The van der Waals surface area contributed by atoms with Crippen molar-refractivity contribution in [2.75, 3.05) is 13.1 Å². The van der Waals surface area contributed by atoms with Gasteiger partial charge in [0.15, 0.2) is 0 Å². The van der Waals surface area contributed by atoms with Crippen molar-refractivity contribution in [3.05, 3.63) is 0 Å². The molecule has 122 valence electrons. The molecule has 21 heavy (non-hydrogen) atoms. The Kier molecular flexibility index (Phi) is 7.99. The van der Waals surface area contributed by atoms with Gasteiger partial charge in [0.1, 0.15) is 0 Å². The number of carboxylic acids is 1. The Bertz CT molecular complexity index is 372. The van der Waals surface area contributed by atoms with Gasteiger partial charge in [0.25, 0.3) is 0 Å². The number of nitrogens with one attached hydrogen (secondary N) is 2. The van der Waals surface area contributed by atoms with Crippen molar-refractivity contribution in [2.24, 2.45) is 17.3 Å². The van der Waals surface area contributed by atoms with E-state index in [1.165, 1.54) is 0 Å². The predicted molar refractivity (Wildman–Crippen MR) is 80.7 cm³/mol. The number of carboxylic acid groups (broad SMARTS) is 1. The van der Waals surface area contributed by atoms with Crippen molar-refractivity contribution in [3.8, 4) is 0 Å². The maximum Gasteiger partial charge on any atom is 0.303 e. The maximum absolute atomic E-state index is 11.7. The van der Waals surface area contributed by atoms with Crippen LogP contribution in [0.2, 0.25) is 0 Å². The largest absolute Gasteiger partial charge is 0.481 e. The monoisotopic (exact) mass is 300 g/mol. The molecule has 0 aliphatic carbocycles. The molecular weight excluding hydrogens is 272 g/mol. The van der Waals surface area contributed by atoms with Gasteiger partial charge in [0.2, 0.25) is 11.8 Å². The quantitative estimate of drug-likeness (QED) is 0.631. The molecule has 0 unspecified atom stereocenters. The van der Waals surface area contributed by atoms with E-state index < -0.39 is 11.4 Å². The van der Waals surface area contributed by atoms with Gasteiger partial charge in [-0.05, 0) is 18.3 Å².